The van der Waals surface area contributed by atoms with Gasteiger partial charge in [-0.1, -0.05) is 102 Å². The molecule has 4 atom stereocenters. The molecule has 1 aliphatic rings. The van der Waals surface area contributed by atoms with Crippen LogP contribution in [0.5, 0.6) is 0 Å². The van der Waals surface area contributed by atoms with E-state index in [0.29, 0.717) is 40.8 Å². The van der Waals surface area contributed by atoms with Crippen molar-refractivity contribution in [2.75, 3.05) is 30.4 Å². The molecule has 4 heterocycles. The number of fused-ring (bicyclic) bond motifs is 1. The van der Waals surface area contributed by atoms with Crippen molar-refractivity contribution in [2.24, 2.45) is 0 Å². The predicted molar refractivity (Wildman–Crippen MR) is 184 cm³/mol. The second kappa shape index (κ2) is 14.1. The molecule has 0 saturated carbocycles. The van der Waals surface area contributed by atoms with Crippen molar-refractivity contribution in [1.82, 2.24) is 29.7 Å². The molecule has 1 fully saturated rings. The molecule has 0 unspecified atom stereocenters. The number of aryl methyl sites for hydroxylation is 1. The second-order valence-electron chi connectivity index (χ2n) is 11.7. The maximum Gasteiger partial charge on any atom is 0.227 e. The minimum atomic E-state index is -1.23. The van der Waals surface area contributed by atoms with E-state index in [9.17, 15) is 15.3 Å². The van der Waals surface area contributed by atoms with Gasteiger partial charge in [-0.2, -0.15) is 9.97 Å². The van der Waals surface area contributed by atoms with Crippen molar-refractivity contribution in [3.05, 3.63) is 113 Å². The van der Waals surface area contributed by atoms with Crippen LogP contribution in [0.15, 0.2) is 91.0 Å². The highest BCUT2D eigenvalue weighted by Crippen LogP contribution is 2.37. The third-order valence-corrected chi connectivity index (χ3v) is 9.23. The first kappa shape index (κ1) is 31.8. The molecule has 6 aromatic rings. The predicted octanol–water partition coefficient (Wildman–Crippen LogP) is 4.16. The van der Waals surface area contributed by atoms with E-state index in [4.69, 9.17) is 19.7 Å². The van der Waals surface area contributed by atoms with Gasteiger partial charge in [-0.15, -0.1) is 10.2 Å². The number of ether oxygens (including phenoxy) is 1. The van der Waals surface area contributed by atoms with Crippen LogP contribution in [0.3, 0.4) is 0 Å². The molecule has 0 radical (unpaired) electrons. The van der Waals surface area contributed by atoms with Gasteiger partial charge in [0, 0.05) is 12.5 Å². The van der Waals surface area contributed by atoms with Crippen LogP contribution in [0.25, 0.3) is 22.0 Å². The standard InChI is InChI=1S/C35H36N8O4S/c1-21-41-42-33(48-21)32-38-28-30(36-18-26(23-13-7-3-8-14-23)24-15-9-4-10-16-24)39-35(37-25(19-44)17-22-11-5-2-6-12-22)40-31(28)43(32)34-29(46)27(45)20-47-34/h2-16,25-27,29,34,44-46H,17-20H2,1H3,(H2,36,37,39,40)/t25-,27-,29+,34+/m0/s1. The summed E-state index contributed by atoms with van der Waals surface area (Å²) in [6.07, 6.45) is -2.77. The first-order valence-corrected chi connectivity index (χ1v) is 16.6. The number of aliphatic hydroxyl groups is 3. The smallest absolute Gasteiger partial charge is 0.227 e. The van der Waals surface area contributed by atoms with E-state index in [2.05, 4.69) is 45.1 Å². The van der Waals surface area contributed by atoms with E-state index in [0.717, 1.165) is 21.7 Å². The summed E-state index contributed by atoms with van der Waals surface area (Å²) in [5.74, 6) is 1.07. The van der Waals surface area contributed by atoms with Crippen molar-refractivity contribution in [3.63, 3.8) is 0 Å². The number of rotatable bonds is 12. The van der Waals surface area contributed by atoms with Gasteiger partial charge in [0.1, 0.15) is 17.2 Å². The molecular formula is C35H36N8O4S. The van der Waals surface area contributed by atoms with E-state index in [1.54, 1.807) is 4.57 Å². The number of hydrogen-bond acceptors (Lipinski definition) is 12. The molecule has 7 rings (SSSR count). The lowest BCUT2D eigenvalue weighted by Crippen LogP contribution is -2.29. The number of benzene rings is 3. The van der Waals surface area contributed by atoms with Crippen molar-refractivity contribution >= 4 is 34.3 Å². The molecule has 1 saturated heterocycles. The van der Waals surface area contributed by atoms with Gasteiger partial charge in [-0.25, -0.2) is 4.98 Å². The quantitative estimate of drug-likeness (QED) is 0.128. The molecule has 0 spiro atoms. The molecule has 0 amide bonds. The Kier molecular flexibility index (Phi) is 9.36. The van der Waals surface area contributed by atoms with E-state index in [1.165, 1.54) is 11.3 Å². The third kappa shape index (κ3) is 6.64. The van der Waals surface area contributed by atoms with Gasteiger partial charge >= 0.3 is 0 Å². The Balaban J connectivity index is 1.34. The lowest BCUT2D eigenvalue weighted by molar-refractivity contribution is -0.0153. The van der Waals surface area contributed by atoms with Crippen molar-refractivity contribution < 1.29 is 20.1 Å². The maximum atomic E-state index is 11.0. The van der Waals surface area contributed by atoms with Crippen LogP contribution in [0.1, 0.15) is 33.8 Å². The Labute approximate surface area is 281 Å². The van der Waals surface area contributed by atoms with Gasteiger partial charge in [0.25, 0.3) is 0 Å². The minimum absolute atomic E-state index is 0.0143. The summed E-state index contributed by atoms with van der Waals surface area (Å²) in [5, 5.41) is 48.5. The van der Waals surface area contributed by atoms with Crippen molar-refractivity contribution in [3.8, 4) is 10.8 Å². The molecule has 12 nitrogen and oxygen atoms in total. The molecule has 3 aromatic carbocycles. The number of nitrogens with zero attached hydrogens (tertiary/aromatic N) is 6. The maximum absolute atomic E-state index is 11.0. The molecular weight excluding hydrogens is 629 g/mol. The SMILES string of the molecule is Cc1nnc(-c2nc3c(NCC(c4ccccc4)c4ccccc4)nc(N[C@H](CO)Cc4ccccc4)nc3n2[C@@H]2OC[C@H](O)[C@H]2O)s1. The third-order valence-electron chi connectivity index (χ3n) is 8.39. The highest BCUT2D eigenvalue weighted by atomic mass is 32.1. The molecule has 5 N–H and O–H groups in total. The fourth-order valence-corrected chi connectivity index (χ4v) is 6.67. The summed E-state index contributed by atoms with van der Waals surface area (Å²) >= 11 is 1.35. The lowest BCUT2D eigenvalue weighted by Gasteiger charge is -2.21. The number of imidazole rings is 1. The van der Waals surface area contributed by atoms with Crippen molar-refractivity contribution in [1.29, 1.82) is 0 Å². The Bertz CT molecular complexity index is 1920. The molecule has 246 valence electrons. The molecule has 13 heteroatoms. The molecule has 0 bridgehead atoms. The highest BCUT2D eigenvalue weighted by Gasteiger charge is 2.39. The van der Waals surface area contributed by atoms with Crippen LogP contribution in [0, 0.1) is 6.92 Å². The van der Waals surface area contributed by atoms with Gasteiger partial charge in [0.15, 0.2) is 34.0 Å². The van der Waals surface area contributed by atoms with E-state index >= 15 is 0 Å². The molecule has 3 aromatic heterocycles. The summed E-state index contributed by atoms with van der Waals surface area (Å²) in [6.45, 7) is 2.12. The summed E-state index contributed by atoms with van der Waals surface area (Å²) in [6, 6.07) is 30.0. The highest BCUT2D eigenvalue weighted by molar-refractivity contribution is 7.14. The fourth-order valence-electron chi connectivity index (χ4n) is 5.99. The largest absolute Gasteiger partial charge is 0.394 e. The number of aromatic nitrogens is 6. The molecule has 0 aliphatic carbocycles. The number of aliphatic hydroxyl groups excluding tert-OH is 3. The second-order valence-corrected chi connectivity index (χ2v) is 12.9. The minimum Gasteiger partial charge on any atom is -0.394 e. The van der Waals surface area contributed by atoms with Crippen LogP contribution in [-0.2, 0) is 11.2 Å². The Hall–Kier alpha value is -4.79. The number of hydrogen-bond donors (Lipinski definition) is 5. The topological polar surface area (TPSA) is 163 Å². The van der Waals surface area contributed by atoms with Gasteiger partial charge in [0.05, 0.1) is 19.3 Å². The zero-order valence-electron chi connectivity index (χ0n) is 26.2. The van der Waals surface area contributed by atoms with E-state index in [1.807, 2.05) is 73.7 Å². The Morgan fingerprint density at radius 1 is 0.896 bits per heavy atom. The zero-order valence-corrected chi connectivity index (χ0v) is 27.0. The Morgan fingerprint density at radius 2 is 1.56 bits per heavy atom. The summed E-state index contributed by atoms with van der Waals surface area (Å²) < 4.78 is 7.57. The van der Waals surface area contributed by atoms with Gasteiger partial charge < -0.3 is 30.7 Å². The van der Waals surface area contributed by atoms with Gasteiger partial charge in [-0.05, 0) is 30.0 Å². The van der Waals surface area contributed by atoms with Crippen molar-refractivity contribution in [2.45, 2.75) is 43.7 Å². The van der Waals surface area contributed by atoms with E-state index < -0.39 is 24.5 Å². The average Bonchev–Trinajstić information content (AvgIpc) is 3.82. The zero-order chi connectivity index (χ0) is 33.0. The van der Waals surface area contributed by atoms with Gasteiger partial charge in [0.2, 0.25) is 5.95 Å². The molecule has 48 heavy (non-hydrogen) atoms. The average molecular weight is 665 g/mol. The first-order chi connectivity index (χ1) is 23.5. The van der Waals surface area contributed by atoms with Crippen LogP contribution >= 0.6 is 11.3 Å². The summed E-state index contributed by atoms with van der Waals surface area (Å²) in [5.41, 5.74) is 4.12. The normalized spacial score (nSPS) is 18.4. The number of anilines is 2. The monoisotopic (exact) mass is 664 g/mol. The van der Waals surface area contributed by atoms with Crippen LogP contribution in [0.4, 0.5) is 11.8 Å². The summed E-state index contributed by atoms with van der Waals surface area (Å²) in [4.78, 5) is 14.7. The van der Waals surface area contributed by atoms with Crippen LogP contribution in [0.2, 0.25) is 0 Å². The summed E-state index contributed by atoms with van der Waals surface area (Å²) in [7, 11) is 0. The lowest BCUT2D eigenvalue weighted by atomic mass is 9.91. The van der Waals surface area contributed by atoms with Crippen LogP contribution in [-0.4, -0.2) is 83.0 Å². The molecule has 1 aliphatic heterocycles. The first-order valence-electron chi connectivity index (χ1n) is 15.8. The fraction of sp³-hybridized carbons (Fsp3) is 0.286. The van der Waals surface area contributed by atoms with Gasteiger partial charge in [-0.3, -0.25) is 4.57 Å². The van der Waals surface area contributed by atoms with Crippen LogP contribution < -0.4 is 10.6 Å². The Morgan fingerprint density at radius 3 is 2.15 bits per heavy atom. The van der Waals surface area contributed by atoms with E-state index in [-0.39, 0.29) is 25.1 Å². The number of nitrogens with one attached hydrogen (secondary N) is 2.